The zero-order chi connectivity index (χ0) is 23.3. The number of carbonyl (C=O) groups is 2. The summed E-state index contributed by atoms with van der Waals surface area (Å²) in [6.07, 6.45) is 7.39. The van der Waals surface area contributed by atoms with Crippen LogP contribution in [0.1, 0.15) is 71.9 Å². The van der Waals surface area contributed by atoms with E-state index in [1.165, 1.54) is 0 Å². The van der Waals surface area contributed by atoms with Crippen molar-refractivity contribution in [1.29, 1.82) is 0 Å². The quantitative estimate of drug-likeness (QED) is 0.681. The van der Waals surface area contributed by atoms with E-state index < -0.39 is 11.3 Å². The number of nitrogens with zero attached hydrogens (tertiary/aromatic N) is 2. The predicted molar refractivity (Wildman–Crippen MR) is 124 cm³/mol. The first-order valence-corrected chi connectivity index (χ1v) is 11.2. The van der Waals surface area contributed by atoms with E-state index in [1.54, 1.807) is 31.5 Å². The lowest BCUT2D eigenvalue weighted by Gasteiger charge is -2.22. The fourth-order valence-electron chi connectivity index (χ4n) is 4.28. The first-order valence-electron chi connectivity index (χ1n) is 11.2. The summed E-state index contributed by atoms with van der Waals surface area (Å²) in [5, 5.41) is 2.82. The standard InChI is InChI=1S/C25H33N3O4/c1-17(2)14-27(3)25(31)21-16-28(19-10-6-7-11-19)15-20(23(21)29)24(30)26-13-18-9-5-8-12-22(18)32-4/h5,8-9,12,15-17,19H,6-7,10-11,13-14H2,1-4H3,(H,26,30). The smallest absolute Gasteiger partial charge is 0.259 e. The molecule has 1 heterocycles. The van der Waals surface area contributed by atoms with Gasteiger partial charge in [0.2, 0.25) is 5.43 Å². The van der Waals surface area contributed by atoms with E-state index in [9.17, 15) is 14.4 Å². The normalized spacial score (nSPS) is 13.9. The summed E-state index contributed by atoms with van der Waals surface area (Å²) >= 11 is 0. The van der Waals surface area contributed by atoms with E-state index in [0.29, 0.717) is 12.3 Å². The second-order valence-electron chi connectivity index (χ2n) is 8.87. The Balaban J connectivity index is 1.92. The third kappa shape index (κ3) is 5.39. The van der Waals surface area contributed by atoms with Crippen molar-refractivity contribution in [3.05, 3.63) is 63.6 Å². The summed E-state index contributed by atoms with van der Waals surface area (Å²) in [6, 6.07) is 7.59. The van der Waals surface area contributed by atoms with Gasteiger partial charge in [-0.05, 0) is 24.8 Å². The number of aromatic nitrogens is 1. The van der Waals surface area contributed by atoms with Gasteiger partial charge in [0.25, 0.3) is 11.8 Å². The lowest BCUT2D eigenvalue weighted by molar-refractivity contribution is 0.0776. The summed E-state index contributed by atoms with van der Waals surface area (Å²) in [6.45, 7) is 4.79. The molecule has 32 heavy (non-hydrogen) atoms. The van der Waals surface area contributed by atoms with Crippen LogP contribution in [0, 0.1) is 5.92 Å². The monoisotopic (exact) mass is 439 g/mol. The molecular formula is C25H33N3O4. The summed E-state index contributed by atoms with van der Waals surface area (Å²) in [5.74, 6) is 0.0902. The van der Waals surface area contributed by atoms with E-state index >= 15 is 0 Å². The Morgan fingerprint density at radius 3 is 2.47 bits per heavy atom. The minimum Gasteiger partial charge on any atom is -0.496 e. The molecule has 0 radical (unpaired) electrons. The molecule has 0 unspecified atom stereocenters. The van der Waals surface area contributed by atoms with E-state index in [4.69, 9.17) is 4.74 Å². The minimum absolute atomic E-state index is 0.00408. The van der Waals surface area contributed by atoms with Gasteiger partial charge in [0.1, 0.15) is 16.9 Å². The molecule has 0 atom stereocenters. The second kappa shape index (κ2) is 10.5. The van der Waals surface area contributed by atoms with E-state index in [-0.39, 0.29) is 35.5 Å². The Kier molecular flexibility index (Phi) is 7.72. The van der Waals surface area contributed by atoms with E-state index in [2.05, 4.69) is 5.32 Å². The molecule has 1 aromatic carbocycles. The maximum Gasteiger partial charge on any atom is 0.259 e. The van der Waals surface area contributed by atoms with Crippen molar-refractivity contribution in [2.45, 2.75) is 52.1 Å². The Bertz CT molecular complexity index is 1020. The van der Waals surface area contributed by atoms with Gasteiger partial charge in [-0.3, -0.25) is 14.4 Å². The first-order chi connectivity index (χ1) is 15.3. The van der Waals surface area contributed by atoms with Crippen LogP contribution in [0.3, 0.4) is 0 Å². The fraction of sp³-hybridized carbons (Fsp3) is 0.480. The first kappa shape index (κ1) is 23.6. The molecule has 0 bridgehead atoms. The van der Waals surface area contributed by atoms with Crippen LogP contribution in [0.4, 0.5) is 0 Å². The van der Waals surface area contributed by atoms with Gasteiger partial charge >= 0.3 is 0 Å². The maximum absolute atomic E-state index is 13.2. The Morgan fingerprint density at radius 2 is 1.81 bits per heavy atom. The number of nitrogens with one attached hydrogen (secondary N) is 1. The van der Waals surface area contributed by atoms with Gasteiger partial charge in [-0.1, -0.05) is 44.9 Å². The highest BCUT2D eigenvalue weighted by molar-refractivity contribution is 5.99. The molecule has 7 nitrogen and oxygen atoms in total. The van der Waals surface area contributed by atoms with Gasteiger partial charge in [-0.2, -0.15) is 0 Å². The molecule has 2 amide bonds. The predicted octanol–water partition coefficient (Wildman–Crippen LogP) is 3.63. The molecule has 2 aromatic rings. The average molecular weight is 440 g/mol. The zero-order valence-electron chi connectivity index (χ0n) is 19.4. The Labute approximate surface area is 189 Å². The molecule has 3 rings (SSSR count). The third-order valence-electron chi connectivity index (χ3n) is 5.88. The molecule has 1 aliphatic rings. The van der Waals surface area contributed by atoms with Gasteiger partial charge in [0, 0.05) is 44.1 Å². The molecule has 0 saturated heterocycles. The van der Waals surface area contributed by atoms with Crippen molar-refractivity contribution >= 4 is 11.8 Å². The topological polar surface area (TPSA) is 80.6 Å². The van der Waals surface area contributed by atoms with Crippen LogP contribution < -0.4 is 15.5 Å². The highest BCUT2D eigenvalue weighted by Crippen LogP contribution is 2.29. The summed E-state index contributed by atoms with van der Waals surface area (Å²) in [4.78, 5) is 40.9. The van der Waals surface area contributed by atoms with Gasteiger partial charge in [-0.15, -0.1) is 0 Å². The number of hydrogen-bond donors (Lipinski definition) is 1. The number of rotatable bonds is 8. The van der Waals surface area contributed by atoms with Crippen LogP contribution in [0.15, 0.2) is 41.5 Å². The molecule has 0 aliphatic heterocycles. The molecule has 1 aromatic heterocycles. The molecule has 1 saturated carbocycles. The number of carbonyl (C=O) groups excluding carboxylic acids is 2. The number of amides is 2. The van der Waals surface area contributed by atoms with Crippen LogP contribution in [0.2, 0.25) is 0 Å². The van der Waals surface area contributed by atoms with Crippen LogP contribution in [-0.2, 0) is 6.54 Å². The average Bonchev–Trinajstić information content (AvgIpc) is 3.32. The molecule has 172 valence electrons. The summed E-state index contributed by atoms with van der Waals surface area (Å²) < 4.78 is 7.23. The van der Waals surface area contributed by atoms with Crippen molar-refractivity contribution in [3.63, 3.8) is 0 Å². The van der Waals surface area contributed by atoms with Crippen molar-refractivity contribution in [2.75, 3.05) is 20.7 Å². The Hall–Kier alpha value is -3.09. The van der Waals surface area contributed by atoms with Crippen LogP contribution in [0.25, 0.3) is 0 Å². The van der Waals surface area contributed by atoms with Crippen molar-refractivity contribution < 1.29 is 14.3 Å². The molecule has 1 fully saturated rings. The molecular weight excluding hydrogens is 406 g/mol. The van der Waals surface area contributed by atoms with E-state index in [0.717, 1.165) is 31.2 Å². The van der Waals surface area contributed by atoms with Crippen molar-refractivity contribution in [2.24, 2.45) is 5.92 Å². The van der Waals surface area contributed by atoms with E-state index in [1.807, 2.05) is 42.7 Å². The molecule has 1 N–H and O–H groups in total. The van der Waals surface area contributed by atoms with Crippen LogP contribution in [0.5, 0.6) is 5.75 Å². The summed E-state index contributed by atoms with van der Waals surface area (Å²) in [5.41, 5.74) is 0.321. The van der Waals surface area contributed by atoms with Crippen LogP contribution in [-0.4, -0.2) is 42.0 Å². The highest BCUT2D eigenvalue weighted by atomic mass is 16.5. The van der Waals surface area contributed by atoms with Crippen molar-refractivity contribution in [3.8, 4) is 5.75 Å². The van der Waals surface area contributed by atoms with Crippen LogP contribution >= 0.6 is 0 Å². The number of para-hydroxylation sites is 1. The van der Waals surface area contributed by atoms with Gasteiger partial charge in [0.15, 0.2) is 0 Å². The fourth-order valence-corrected chi connectivity index (χ4v) is 4.28. The zero-order valence-corrected chi connectivity index (χ0v) is 19.4. The number of pyridine rings is 1. The Morgan fingerprint density at radius 1 is 1.16 bits per heavy atom. The number of methoxy groups -OCH3 is 1. The minimum atomic E-state index is -0.530. The second-order valence-corrected chi connectivity index (χ2v) is 8.87. The van der Waals surface area contributed by atoms with Crippen molar-refractivity contribution in [1.82, 2.24) is 14.8 Å². The number of ether oxygens (including phenoxy) is 1. The number of benzene rings is 1. The SMILES string of the molecule is COc1ccccc1CNC(=O)c1cn(C2CCCC2)cc(C(=O)N(C)CC(C)C)c1=O. The van der Waals surface area contributed by atoms with Gasteiger partial charge in [-0.25, -0.2) is 0 Å². The van der Waals surface area contributed by atoms with Gasteiger partial charge < -0.3 is 19.5 Å². The number of hydrogen-bond acceptors (Lipinski definition) is 4. The highest BCUT2D eigenvalue weighted by Gasteiger charge is 2.25. The third-order valence-corrected chi connectivity index (χ3v) is 5.88. The lowest BCUT2D eigenvalue weighted by Crippen LogP contribution is -2.37. The van der Waals surface area contributed by atoms with Gasteiger partial charge in [0.05, 0.1) is 7.11 Å². The largest absolute Gasteiger partial charge is 0.496 e. The maximum atomic E-state index is 13.2. The summed E-state index contributed by atoms with van der Waals surface area (Å²) in [7, 11) is 3.26. The molecule has 0 spiro atoms. The molecule has 7 heteroatoms. The lowest BCUT2D eigenvalue weighted by atomic mass is 10.1. The molecule has 1 aliphatic carbocycles.